The molecule has 0 spiro atoms. The smallest absolute Gasteiger partial charge is 0.137 e. The third-order valence-electron chi connectivity index (χ3n) is 3.92. The first kappa shape index (κ1) is 20.1. The largest absolute Gasteiger partial charge is 1.00 e. The predicted octanol–water partition coefficient (Wildman–Crippen LogP) is -0.317. The van der Waals surface area contributed by atoms with E-state index in [1.807, 2.05) is 63.6 Å². The molecule has 0 aliphatic carbocycles. The summed E-state index contributed by atoms with van der Waals surface area (Å²) in [5, 5.41) is 20.8. The maximum absolute atomic E-state index is 10.6. The van der Waals surface area contributed by atoms with Crippen LogP contribution in [0.5, 0.6) is 5.75 Å². The summed E-state index contributed by atoms with van der Waals surface area (Å²) < 4.78 is 6.56. The van der Waals surface area contributed by atoms with Crippen molar-refractivity contribution in [2.45, 2.75) is 22.0 Å². The van der Waals surface area contributed by atoms with E-state index in [4.69, 9.17) is 4.74 Å². The van der Waals surface area contributed by atoms with Gasteiger partial charge in [-0.25, -0.2) is 0 Å². The molecule has 136 valence electrons. The van der Waals surface area contributed by atoms with Crippen molar-refractivity contribution in [1.82, 2.24) is 0 Å². The van der Waals surface area contributed by atoms with E-state index in [1.54, 1.807) is 11.8 Å². The van der Waals surface area contributed by atoms with Crippen molar-refractivity contribution >= 4 is 11.8 Å². The van der Waals surface area contributed by atoms with Crippen molar-refractivity contribution in [3.8, 4) is 5.75 Å². The number of hydrogen-bond acceptors (Lipinski definition) is 4. The topological polar surface area (TPSA) is 49.7 Å². The third kappa shape index (κ3) is 4.68. The SMILES string of the molecule is C[N+](C)(C)CC(O)COc1cccc2c1Sc1ccccc1C2O.[Cl-]. The van der Waals surface area contributed by atoms with Crippen molar-refractivity contribution in [2.75, 3.05) is 34.3 Å². The Kier molecular flexibility index (Phi) is 6.40. The number of nitrogens with zero attached hydrogens (tertiary/aromatic N) is 1. The van der Waals surface area contributed by atoms with Gasteiger partial charge in [-0.15, -0.1) is 0 Å². The van der Waals surface area contributed by atoms with Gasteiger partial charge in [-0.3, -0.25) is 0 Å². The highest BCUT2D eigenvalue weighted by Crippen LogP contribution is 2.48. The van der Waals surface area contributed by atoms with Crippen molar-refractivity contribution in [3.63, 3.8) is 0 Å². The van der Waals surface area contributed by atoms with Crippen LogP contribution in [0.25, 0.3) is 0 Å². The molecular weight excluding hydrogens is 358 g/mol. The van der Waals surface area contributed by atoms with Crippen LogP contribution in [0.1, 0.15) is 17.2 Å². The van der Waals surface area contributed by atoms with Crippen LogP contribution in [-0.4, -0.2) is 55.1 Å². The first-order valence-electron chi connectivity index (χ1n) is 8.04. The van der Waals surface area contributed by atoms with Crippen molar-refractivity contribution in [1.29, 1.82) is 0 Å². The highest BCUT2D eigenvalue weighted by atomic mass is 35.5. The van der Waals surface area contributed by atoms with Crippen molar-refractivity contribution in [3.05, 3.63) is 53.6 Å². The number of likely N-dealkylation sites (N-methyl/N-ethyl adjacent to an activating group) is 1. The lowest BCUT2D eigenvalue weighted by Crippen LogP contribution is -3.00. The minimum absolute atomic E-state index is 0. The fourth-order valence-electron chi connectivity index (χ4n) is 2.92. The number of aliphatic hydroxyl groups is 2. The molecule has 1 aliphatic heterocycles. The van der Waals surface area contributed by atoms with E-state index in [-0.39, 0.29) is 19.0 Å². The Labute approximate surface area is 159 Å². The predicted molar refractivity (Wildman–Crippen MR) is 95.5 cm³/mol. The Morgan fingerprint density at radius 1 is 1.08 bits per heavy atom. The van der Waals surface area contributed by atoms with Gasteiger partial charge in [0.2, 0.25) is 0 Å². The molecule has 0 amide bonds. The van der Waals surface area contributed by atoms with Gasteiger partial charge in [-0.1, -0.05) is 42.1 Å². The molecule has 1 heterocycles. The van der Waals surface area contributed by atoms with E-state index in [2.05, 4.69) is 0 Å². The minimum atomic E-state index is -0.642. The number of aliphatic hydroxyl groups excluding tert-OH is 2. The Bertz CT molecular complexity index is 733. The number of halogens is 1. The van der Waals surface area contributed by atoms with E-state index in [1.165, 1.54) is 0 Å². The molecule has 2 aromatic carbocycles. The molecule has 0 saturated carbocycles. The third-order valence-corrected chi connectivity index (χ3v) is 5.15. The Hall–Kier alpha value is -1.24. The number of benzene rings is 2. The van der Waals surface area contributed by atoms with Crippen LogP contribution in [0.3, 0.4) is 0 Å². The zero-order chi connectivity index (χ0) is 17.3. The number of ether oxygens (including phenoxy) is 1. The monoisotopic (exact) mass is 381 g/mol. The summed E-state index contributed by atoms with van der Waals surface area (Å²) in [7, 11) is 6.12. The molecule has 3 rings (SSSR count). The Morgan fingerprint density at radius 2 is 1.76 bits per heavy atom. The normalized spacial score (nSPS) is 17.1. The lowest BCUT2D eigenvalue weighted by molar-refractivity contribution is -0.873. The maximum atomic E-state index is 10.6. The van der Waals surface area contributed by atoms with Gasteiger partial charge in [-0.05, 0) is 17.7 Å². The van der Waals surface area contributed by atoms with E-state index >= 15 is 0 Å². The molecule has 2 N–H and O–H groups in total. The number of quaternary nitrogens is 1. The standard InChI is InChI=1S/C19H24NO3S.ClH/c1-20(2,3)11-13(21)12-23-16-9-6-8-15-18(22)14-7-4-5-10-17(14)24-19(15)16;/h4-10,13,18,21-22H,11-12H2,1-3H3;1H/q+1;/p-1. The Balaban J connectivity index is 0.00000225. The molecule has 4 nitrogen and oxygen atoms in total. The molecule has 2 unspecified atom stereocenters. The number of rotatable bonds is 5. The highest BCUT2D eigenvalue weighted by molar-refractivity contribution is 7.99. The van der Waals surface area contributed by atoms with Crippen LogP contribution in [0.4, 0.5) is 0 Å². The van der Waals surface area contributed by atoms with Gasteiger partial charge in [0.1, 0.15) is 31.1 Å². The molecule has 6 heteroatoms. The average Bonchev–Trinajstić information content (AvgIpc) is 2.52. The minimum Gasteiger partial charge on any atom is -1.00 e. The summed E-state index contributed by atoms with van der Waals surface area (Å²) in [6.07, 6.45) is -1.18. The quantitative estimate of drug-likeness (QED) is 0.697. The van der Waals surface area contributed by atoms with E-state index in [0.717, 1.165) is 20.9 Å². The van der Waals surface area contributed by atoms with Gasteiger partial charge in [0.15, 0.2) is 0 Å². The summed E-state index contributed by atoms with van der Waals surface area (Å²) in [6.45, 7) is 0.859. The molecule has 0 fully saturated rings. The molecule has 0 saturated heterocycles. The zero-order valence-electron chi connectivity index (χ0n) is 14.6. The van der Waals surface area contributed by atoms with E-state index < -0.39 is 12.2 Å². The Morgan fingerprint density at radius 3 is 2.48 bits per heavy atom. The summed E-state index contributed by atoms with van der Waals surface area (Å²) >= 11 is 1.61. The van der Waals surface area contributed by atoms with Crippen LogP contribution in [0, 0.1) is 0 Å². The van der Waals surface area contributed by atoms with Crippen LogP contribution in [0.15, 0.2) is 52.3 Å². The zero-order valence-corrected chi connectivity index (χ0v) is 16.2. The number of hydrogen-bond donors (Lipinski definition) is 2. The summed E-state index contributed by atoms with van der Waals surface area (Å²) in [6, 6.07) is 13.6. The van der Waals surface area contributed by atoms with E-state index in [9.17, 15) is 10.2 Å². The molecule has 0 radical (unpaired) electrons. The lowest BCUT2D eigenvalue weighted by Gasteiger charge is -2.28. The molecule has 2 aromatic rings. The second-order valence-electron chi connectivity index (χ2n) is 7.15. The summed E-state index contributed by atoms with van der Waals surface area (Å²) in [5.74, 6) is 0.714. The van der Waals surface area contributed by atoms with Gasteiger partial charge >= 0.3 is 0 Å². The second-order valence-corrected chi connectivity index (χ2v) is 8.21. The first-order valence-corrected chi connectivity index (χ1v) is 8.86. The number of fused-ring (bicyclic) bond motifs is 2. The molecule has 2 atom stereocenters. The fraction of sp³-hybridized carbons (Fsp3) is 0.368. The molecular formula is C19H24ClNO3S. The highest BCUT2D eigenvalue weighted by Gasteiger charge is 2.27. The van der Waals surface area contributed by atoms with Gasteiger partial charge in [-0.2, -0.15) is 0 Å². The van der Waals surface area contributed by atoms with Gasteiger partial charge < -0.3 is 31.8 Å². The van der Waals surface area contributed by atoms with Gasteiger partial charge in [0, 0.05) is 10.5 Å². The van der Waals surface area contributed by atoms with E-state index in [0.29, 0.717) is 16.8 Å². The van der Waals surface area contributed by atoms with Gasteiger partial charge in [0.25, 0.3) is 0 Å². The van der Waals surface area contributed by atoms with Crippen LogP contribution in [-0.2, 0) is 0 Å². The molecule has 0 bridgehead atoms. The van der Waals surface area contributed by atoms with Crippen LogP contribution in [0.2, 0.25) is 0 Å². The van der Waals surface area contributed by atoms with Crippen LogP contribution >= 0.6 is 11.8 Å². The van der Waals surface area contributed by atoms with Gasteiger partial charge in [0.05, 0.1) is 26.0 Å². The molecule has 0 aromatic heterocycles. The second kappa shape index (κ2) is 7.98. The van der Waals surface area contributed by atoms with Crippen LogP contribution < -0.4 is 17.1 Å². The van der Waals surface area contributed by atoms with Crippen molar-refractivity contribution in [2.24, 2.45) is 0 Å². The fourth-order valence-corrected chi connectivity index (χ4v) is 4.11. The average molecular weight is 382 g/mol. The van der Waals surface area contributed by atoms with Crippen molar-refractivity contribution < 1.29 is 31.8 Å². The first-order chi connectivity index (χ1) is 11.3. The lowest BCUT2D eigenvalue weighted by atomic mass is 10.0. The molecule has 25 heavy (non-hydrogen) atoms. The summed E-state index contributed by atoms with van der Waals surface area (Å²) in [5.41, 5.74) is 1.79. The molecule has 1 aliphatic rings. The summed E-state index contributed by atoms with van der Waals surface area (Å²) in [4.78, 5) is 1.97. The maximum Gasteiger partial charge on any atom is 0.137 e.